The van der Waals surface area contributed by atoms with Crippen LogP contribution in [0.25, 0.3) is 0 Å². The maximum Gasteiger partial charge on any atom is 0.243 e. The summed E-state index contributed by atoms with van der Waals surface area (Å²) in [5.41, 5.74) is 0.329. The highest BCUT2D eigenvalue weighted by molar-refractivity contribution is 7.89. The van der Waals surface area contributed by atoms with Crippen molar-refractivity contribution in [2.75, 3.05) is 24.5 Å². The SMILES string of the molecule is CC1(C)C(=O)N(CC(=O)NCc2cccs2)c2ccc(S(=O)(=O)N3CCCC3)cc21. The third-order valence-electron chi connectivity index (χ3n) is 5.76. The molecular formula is C21H25N3O4S2. The van der Waals surface area contributed by atoms with Crippen molar-refractivity contribution < 1.29 is 18.0 Å². The van der Waals surface area contributed by atoms with E-state index in [1.165, 1.54) is 15.3 Å². The Morgan fingerprint density at radius 2 is 1.93 bits per heavy atom. The predicted molar refractivity (Wildman–Crippen MR) is 116 cm³/mol. The molecule has 2 amide bonds. The molecule has 1 N–H and O–H groups in total. The maximum atomic E-state index is 13.1. The normalized spacial score (nSPS) is 18.6. The van der Waals surface area contributed by atoms with Crippen molar-refractivity contribution in [3.63, 3.8) is 0 Å². The van der Waals surface area contributed by atoms with E-state index in [4.69, 9.17) is 0 Å². The molecule has 1 saturated heterocycles. The van der Waals surface area contributed by atoms with Crippen molar-refractivity contribution in [1.29, 1.82) is 0 Å². The van der Waals surface area contributed by atoms with Crippen molar-refractivity contribution in [3.05, 3.63) is 46.2 Å². The molecule has 0 atom stereocenters. The van der Waals surface area contributed by atoms with E-state index in [0.29, 0.717) is 30.9 Å². The summed E-state index contributed by atoms with van der Waals surface area (Å²) in [6, 6.07) is 8.65. The Morgan fingerprint density at radius 3 is 2.60 bits per heavy atom. The van der Waals surface area contributed by atoms with Gasteiger partial charge in [0.1, 0.15) is 6.54 Å². The molecule has 7 nitrogen and oxygen atoms in total. The molecule has 1 aromatic carbocycles. The molecule has 4 rings (SSSR count). The number of fused-ring (bicyclic) bond motifs is 1. The third kappa shape index (κ3) is 3.66. The van der Waals surface area contributed by atoms with Gasteiger partial charge in [0.25, 0.3) is 0 Å². The summed E-state index contributed by atoms with van der Waals surface area (Å²) >= 11 is 1.55. The molecule has 2 aliphatic heterocycles. The first-order chi connectivity index (χ1) is 14.2. The van der Waals surface area contributed by atoms with Gasteiger partial charge in [-0.25, -0.2) is 8.42 Å². The Balaban J connectivity index is 1.57. The summed E-state index contributed by atoms with van der Waals surface area (Å²) in [7, 11) is -3.58. The van der Waals surface area contributed by atoms with Gasteiger partial charge < -0.3 is 10.2 Å². The number of nitrogens with zero attached hydrogens (tertiary/aromatic N) is 2. The molecule has 2 aromatic rings. The van der Waals surface area contributed by atoms with Crippen molar-refractivity contribution in [3.8, 4) is 0 Å². The van der Waals surface area contributed by atoms with Crippen LogP contribution in [0.2, 0.25) is 0 Å². The molecule has 2 aliphatic rings. The number of hydrogen-bond acceptors (Lipinski definition) is 5. The van der Waals surface area contributed by atoms with Gasteiger partial charge in [-0.05, 0) is 61.9 Å². The maximum absolute atomic E-state index is 13.1. The molecule has 1 aromatic heterocycles. The minimum atomic E-state index is -3.58. The fraction of sp³-hybridized carbons (Fsp3) is 0.429. The highest BCUT2D eigenvalue weighted by atomic mass is 32.2. The largest absolute Gasteiger partial charge is 0.350 e. The summed E-state index contributed by atoms with van der Waals surface area (Å²) in [6.07, 6.45) is 1.73. The van der Waals surface area contributed by atoms with Crippen molar-refractivity contribution in [2.45, 2.75) is 43.5 Å². The van der Waals surface area contributed by atoms with Gasteiger partial charge in [0.15, 0.2) is 0 Å². The van der Waals surface area contributed by atoms with Gasteiger partial charge in [-0.3, -0.25) is 9.59 Å². The van der Waals surface area contributed by atoms with Gasteiger partial charge in [0.2, 0.25) is 21.8 Å². The smallest absolute Gasteiger partial charge is 0.243 e. The van der Waals surface area contributed by atoms with Crippen LogP contribution < -0.4 is 10.2 Å². The van der Waals surface area contributed by atoms with Crippen LogP contribution in [0.5, 0.6) is 0 Å². The first-order valence-electron chi connectivity index (χ1n) is 9.97. The summed E-state index contributed by atoms with van der Waals surface area (Å²) in [6.45, 7) is 4.91. The van der Waals surface area contributed by atoms with Crippen LogP contribution in [-0.2, 0) is 31.6 Å². The molecule has 0 spiro atoms. The van der Waals surface area contributed by atoms with Crippen LogP contribution in [0, 0.1) is 0 Å². The van der Waals surface area contributed by atoms with Gasteiger partial charge in [0.05, 0.1) is 16.9 Å². The quantitative estimate of drug-likeness (QED) is 0.737. The molecule has 3 heterocycles. The minimum Gasteiger partial charge on any atom is -0.350 e. The van der Waals surface area contributed by atoms with Gasteiger partial charge in [-0.1, -0.05) is 6.07 Å². The summed E-state index contributed by atoms with van der Waals surface area (Å²) < 4.78 is 27.4. The first kappa shape index (κ1) is 21.0. The lowest BCUT2D eigenvalue weighted by molar-refractivity contribution is -0.125. The van der Waals surface area contributed by atoms with Crippen molar-refractivity contribution in [2.24, 2.45) is 0 Å². The fourth-order valence-electron chi connectivity index (χ4n) is 4.01. The summed E-state index contributed by atoms with van der Waals surface area (Å²) in [4.78, 5) is 28.2. The molecule has 9 heteroatoms. The Kier molecular flexibility index (Phi) is 5.46. The van der Waals surface area contributed by atoms with Crippen LogP contribution in [0.4, 0.5) is 5.69 Å². The molecule has 1 fully saturated rings. The van der Waals surface area contributed by atoms with Crippen molar-refractivity contribution in [1.82, 2.24) is 9.62 Å². The molecule has 30 heavy (non-hydrogen) atoms. The molecular weight excluding hydrogens is 422 g/mol. The second kappa shape index (κ2) is 7.79. The number of benzene rings is 1. The van der Waals surface area contributed by atoms with Crippen LogP contribution >= 0.6 is 11.3 Å². The van der Waals surface area contributed by atoms with Gasteiger partial charge >= 0.3 is 0 Å². The van der Waals surface area contributed by atoms with Gasteiger partial charge in [0, 0.05) is 23.7 Å². The lowest BCUT2D eigenvalue weighted by Gasteiger charge is -2.20. The number of rotatable bonds is 6. The lowest BCUT2D eigenvalue weighted by Crippen LogP contribution is -2.42. The van der Waals surface area contributed by atoms with Gasteiger partial charge in [-0.2, -0.15) is 4.31 Å². The second-order valence-corrected chi connectivity index (χ2v) is 11.1. The minimum absolute atomic E-state index is 0.0984. The van der Waals surface area contributed by atoms with Crippen LogP contribution in [0.3, 0.4) is 0 Å². The Morgan fingerprint density at radius 1 is 1.20 bits per heavy atom. The van der Waals surface area contributed by atoms with Crippen molar-refractivity contribution >= 4 is 38.9 Å². The van der Waals surface area contributed by atoms with Gasteiger partial charge in [-0.15, -0.1) is 11.3 Å². The number of anilines is 1. The lowest BCUT2D eigenvalue weighted by atomic mass is 9.86. The number of amides is 2. The molecule has 160 valence electrons. The average molecular weight is 448 g/mol. The number of nitrogens with one attached hydrogen (secondary N) is 1. The average Bonchev–Trinajstić information content (AvgIpc) is 3.46. The van der Waals surface area contributed by atoms with Crippen LogP contribution in [0.15, 0.2) is 40.6 Å². The number of carbonyl (C=O) groups is 2. The summed E-state index contributed by atoms with van der Waals surface area (Å²) in [5.74, 6) is -0.464. The fourth-order valence-corrected chi connectivity index (χ4v) is 6.19. The first-order valence-corrected chi connectivity index (χ1v) is 12.3. The number of hydrogen-bond donors (Lipinski definition) is 1. The molecule has 0 radical (unpaired) electrons. The zero-order valence-electron chi connectivity index (χ0n) is 17.1. The number of sulfonamides is 1. The Labute approximate surface area is 180 Å². The van der Waals surface area contributed by atoms with E-state index in [1.54, 1.807) is 37.3 Å². The zero-order chi connectivity index (χ0) is 21.5. The number of carbonyl (C=O) groups excluding carboxylic acids is 2. The molecule has 0 saturated carbocycles. The van der Waals surface area contributed by atoms with E-state index < -0.39 is 15.4 Å². The van der Waals surface area contributed by atoms with E-state index >= 15 is 0 Å². The Hall–Kier alpha value is -2.23. The molecule has 0 bridgehead atoms. The van der Waals surface area contributed by atoms with E-state index in [0.717, 1.165) is 17.7 Å². The van der Waals surface area contributed by atoms with E-state index in [2.05, 4.69) is 5.32 Å². The Bertz CT molecular complexity index is 1070. The summed E-state index contributed by atoms with van der Waals surface area (Å²) in [5, 5.41) is 4.78. The number of thiophene rings is 1. The standard InChI is InChI=1S/C21H25N3O4S2/c1-21(2)17-12-16(30(27,28)23-9-3-4-10-23)7-8-18(17)24(20(21)26)14-19(25)22-13-15-6-5-11-29-15/h5-8,11-12H,3-4,9-10,13-14H2,1-2H3,(H,22,25). The van der Waals surface area contributed by atoms with Crippen LogP contribution in [-0.4, -0.2) is 44.2 Å². The second-order valence-electron chi connectivity index (χ2n) is 8.16. The highest BCUT2D eigenvalue weighted by Crippen LogP contribution is 2.42. The predicted octanol–water partition coefficient (Wildman–Crippen LogP) is 2.47. The third-order valence-corrected chi connectivity index (χ3v) is 8.53. The monoisotopic (exact) mass is 447 g/mol. The van der Waals surface area contributed by atoms with E-state index in [-0.39, 0.29) is 23.3 Å². The van der Waals surface area contributed by atoms with E-state index in [1.807, 2.05) is 17.5 Å². The zero-order valence-corrected chi connectivity index (χ0v) is 18.7. The highest BCUT2D eigenvalue weighted by Gasteiger charge is 2.45. The van der Waals surface area contributed by atoms with Crippen LogP contribution in [0.1, 0.15) is 37.1 Å². The van der Waals surface area contributed by atoms with E-state index in [9.17, 15) is 18.0 Å². The topological polar surface area (TPSA) is 86.8 Å². The molecule has 0 unspecified atom stereocenters. The molecule has 0 aliphatic carbocycles.